The second-order valence-corrected chi connectivity index (χ2v) is 3.06. The van der Waals surface area contributed by atoms with E-state index in [4.69, 9.17) is 0 Å². The van der Waals surface area contributed by atoms with Gasteiger partial charge in [-0.3, -0.25) is 4.98 Å². The van der Waals surface area contributed by atoms with Crippen molar-refractivity contribution in [2.24, 2.45) is 0 Å². The van der Waals surface area contributed by atoms with Crippen LogP contribution >= 0.6 is 11.5 Å². The number of hydrogen-bond donors (Lipinski definition) is 0. The second kappa shape index (κ2) is 2.02. The lowest BCUT2D eigenvalue weighted by molar-refractivity contribution is 1.34. The predicted molar refractivity (Wildman–Crippen MR) is 42.2 cm³/mol. The summed E-state index contributed by atoms with van der Waals surface area (Å²) in [5, 5.41) is 0. The molecule has 2 nitrogen and oxygen atoms in total. The Labute approximate surface area is 62.7 Å². The van der Waals surface area contributed by atoms with E-state index in [1.165, 1.54) is 21.8 Å². The van der Waals surface area contributed by atoms with Crippen LogP contribution in [0.15, 0.2) is 18.5 Å². The summed E-state index contributed by atoms with van der Waals surface area (Å²) in [6.45, 7) is 2.03. The summed E-state index contributed by atoms with van der Waals surface area (Å²) < 4.78 is 5.19. The van der Waals surface area contributed by atoms with Gasteiger partial charge in [0.15, 0.2) is 0 Å². The number of nitrogens with zero attached hydrogens (tertiary/aromatic N) is 2. The van der Waals surface area contributed by atoms with Gasteiger partial charge in [-0.15, -0.1) is 0 Å². The van der Waals surface area contributed by atoms with Crippen molar-refractivity contribution in [3.05, 3.63) is 24.0 Å². The molecule has 0 radical (unpaired) electrons. The third kappa shape index (κ3) is 0.789. The summed E-state index contributed by atoms with van der Waals surface area (Å²) in [4.78, 5) is 4.19. The predicted octanol–water partition coefficient (Wildman–Crippen LogP) is 2.00. The summed E-state index contributed by atoms with van der Waals surface area (Å²) in [5.74, 6) is 0. The van der Waals surface area contributed by atoms with Gasteiger partial charge in [-0.1, -0.05) is 0 Å². The van der Waals surface area contributed by atoms with Crippen LogP contribution < -0.4 is 0 Å². The zero-order valence-electron chi connectivity index (χ0n) is 5.53. The lowest BCUT2D eigenvalue weighted by Gasteiger charge is -1.87. The van der Waals surface area contributed by atoms with Crippen LogP contribution in [-0.2, 0) is 0 Å². The zero-order chi connectivity index (χ0) is 6.97. The molecular formula is C7H6N2S. The van der Waals surface area contributed by atoms with E-state index in [9.17, 15) is 0 Å². The minimum Gasteiger partial charge on any atom is -0.253 e. The number of fused-ring (bicyclic) bond motifs is 1. The van der Waals surface area contributed by atoms with Gasteiger partial charge in [0.05, 0.1) is 10.9 Å². The van der Waals surface area contributed by atoms with Gasteiger partial charge in [0.1, 0.15) is 5.52 Å². The average molecular weight is 150 g/mol. The fourth-order valence-electron chi connectivity index (χ4n) is 0.856. The van der Waals surface area contributed by atoms with Crippen LogP contribution in [0.25, 0.3) is 10.2 Å². The fraction of sp³-hybridized carbons (Fsp3) is 0.143. The van der Waals surface area contributed by atoms with Crippen LogP contribution in [0.4, 0.5) is 0 Å². The molecule has 0 aromatic carbocycles. The monoisotopic (exact) mass is 150 g/mol. The maximum Gasteiger partial charge on any atom is 0.101 e. The Bertz CT molecular complexity index is 353. The van der Waals surface area contributed by atoms with Crippen molar-refractivity contribution in [1.29, 1.82) is 0 Å². The van der Waals surface area contributed by atoms with Crippen molar-refractivity contribution >= 4 is 21.7 Å². The third-order valence-electron chi connectivity index (χ3n) is 1.34. The Hall–Kier alpha value is -0.960. The van der Waals surface area contributed by atoms with E-state index in [0.29, 0.717) is 0 Å². The fourth-order valence-corrected chi connectivity index (χ4v) is 1.56. The SMILES string of the molecule is Cc1cnc2cnsc2c1. The van der Waals surface area contributed by atoms with Crippen molar-refractivity contribution in [3.63, 3.8) is 0 Å². The minimum atomic E-state index is 0.996. The quantitative estimate of drug-likeness (QED) is 0.574. The van der Waals surface area contributed by atoms with Gasteiger partial charge in [-0.2, -0.15) is 4.37 Å². The first-order chi connectivity index (χ1) is 4.86. The third-order valence-corrected chi connectivity index (χ3v) is 2.08. The van der Waals surface area contributed by atoms with Gasteiger partial charge >= 0.3 is 0 Å². The molecule has 0 amide bonds. The van der Waals surface area contributed by atoms with Crippen molar-refractivity contribution in [1.82, 2.24) is 9.36 Å². The molecule has 2 rings (SSSR count). The van der Waals surface area contributed by atoms with E-state index < -0.39 is 0 Å². The smallest absolute Gasteiger partial charge is 0.101 e. The average Bonchev–Trinajstić information content (AvgIpc) is 2.33. The maximum atomic E-state index is 4.19. The van der Waals surface area contributed by atoms with Gasteiger partial charge in [-0.25, -0.2) is 0 Å². The van der Waals surface area contributed by atoms with E-state index in [1.807, 2.05) is 13.1 Å². The van der Waals surface area contributed by atoms with Crippen LogP contribution in [0.1, 0.15) is 5.56 Å². The van der Waals surface area contributed by atoms with Crippen LogP contribution in [0.5, 0.6) is 0 Å². The van der Waals surface area contributed by atoms with E-state index >= 15 is 0 Å². The Morgan fingerprint density at radius 1 is 1.40 bits per heavy atom. The molecule has 0 aliphatic carbocycles. The van der Waals surface area contributed by atoms with Crippen LogP contribution in [0, 0.1) is 6.92 Å². The molecule has 0 saturated heterocycles. The minimum absolute atomic E-state index is 0.996. The topological polar surface area (TPSA) is 25.8 Å². The number of pyridine rings is 1. The van der Waals surface area contributed by atoms with Crippen molar-refractivity contribution in [2.45, 2.75) is 6.92 Å². The highest BCUT2D eigenvalue weighted by molar-refractivity contribution is 7.13. The Morgan fingerprint density at radius 3 is 3.20 bits per heavy atom. The largest absolute Gasteiger partial charge is 0.253 e. The molecule has 0 bridgehead atoms. The number of aromatic nitrogens is 2. The van der Waals surface area contributed by atoms with Gasteiger partial charge in [-0.05, 0) is 30.1 Å². The van der Waals surface area contributed by atoms with Crippen molar-refractivity contribution < 1.29 is 0 Å². The molecule has 3 heteroatoms. The summed E-state index contributed by atoms with van der Waals surface area (Å²) in [6.07, 6.45) is 3.65. The maximum absolute atomic E-state index is 4.19. The lowest BCUT2D eigenvalue weighted by Crippen LogP contribution is -1.73. The van der Waals surface area contributed by atoms with Crippen molar-refractivity contribution in [2.75, 3.05) is 0 Å². The molecule has 2 aromatic rings. The highest BCUT2D eigenvalue weighted by atomic mass is 32.1. The molecule has 0 unspecified atom stereocenters. The highest BCUT2D eigenvalue weighted by Crippen LogP contribution is 2.15. The highest BCUT2D eigenvalue weighted by Gasteiger charge is 1.94. The number of aryl methyl sites for hydroxylation is 1. The first-order valence-electron chi connectivity index (χ1n) is 3.03. The summed E-state index contributed by atoms with van der Waals surface area (Å²) in [7, 11) is 0. The van der Waals surface area contributed by atoms with Crippen LogP contribution in [0.2, 0.25) is 0 Å². The van der Waals surface area contributed by atoms with E-state index in [2.05, 4.69) is 15.4 Å². The molecule has 0 saturated carbocycles. The Kier molecular flexibility index (Phi) is 1.17. The molecule has 50 valence electrons. The van der Waals surface area contributed by atoms with E-state index in [1.54, 1.807) is 6.20 Å². The molecule has 2 heterocycles. The summed E-state index contributed by atoms with van der Waals surface area (Å²) in [5.41, 5.74) is 2.19. The van der Waals surface area contributed by atoms with E-state index in [-0.39, 0.29) is 0 Å². The molecule has 0 fully saturated rings. The number of rotatable bonds is 0. The molecule has 0 aliphatic rings. The normalized spacial score (nSPS) is 10.5. The van der Waals surface area contributed by atoms with Gasteiger partial charge < -0.3 is 0 Å². The van der Waals surface area contributed by atoms with Crippen LogP contribution in [0.3, 0.4) is 0 Å². The molecule has 10 heavy (non-hydrogen) atoms. The summed E-state index contributed by atoms with van der Waals surface area (Å²) >= 11 is 1.49. The molecule has 0 spiro atoms. The Morgan fingerprint density at radius 2 is 2.30 bits per heavy atom. The second-order valence-electron chi connectivity index (χ2n) is 2.22. The van der Waals surface area contributed by atoms with Gasteiger partial charge in [0.25, 0.3) is 0 Å². The molecule has 0 aliphatic heterocycles. The van der Waals surface area contributed by atoms with E-state index in [0.717, 1.165) is 5.52 Å². The molecule has 0 atom stereocenters. The first-order valence-corrected chi connectivity index (χ1v) is 3.80. The lowest BCUT2D eigenvalue weighted by atomic mass is 10.3. The summed E-state index contributed by atoms with van der Waals surface area (Å²) in [6, 6.07) is 2.10. The first kappa shape index (κ1) is 5.80. The number of hydrogen-bond acceptors (Lipinski definition) is 3. The molecule has 2 aromatic heterocycles. The molecule has 0 N–H and O–H groups in total. The Balaban J connectivity index is 2.86. The zero-order valence-corrected chi connectivity index (χ0v) is 6.35. The van der Waals surface area contributed by atoms with Crippen LogP contribution in [-0.4, -0.2) is 9.36 Å². The van der Waals surface area contributed by atoms with Crippen molar-refractivity contribution in [3.8, 4) is 0 Å². The van der Waals surface area contributed by atoms with Gasteiger partial charge in [0, 0.05) is 6.20 Å². The molecular weight excluding hydrogens is 144 g/mol. The standard InChI is InChI=1S/C7H6N2S/c1-5-2-7-6(8-3-5)4-9-10-7/h2-4H,1H3. The van der Waals surface area contributed by atoms with Gasteiger partial charge in [0.2, 0.25) is 0 Å².